The summed E-state index contributed by atoms with van der Waals surface area (Å²) in [5, 5.41) is 18.2. The number of fused-ring (bicyclic) bond motifs is 1. The van der Waals surface area contributed by atoms with Crippen molar-refractivity contribution in [3.63, 3.8) is 0 Å². The number of aromatic amines is 1. The molecular weight excluding hydrogens is 594 g/mol. The fourth-order valence-electron chi connectivity index (χ4n) is 5.90. The van der Waals surface area contributed by atoms with Gasteiger partial charge < -0.3 is 30.4 Å². The number of carbonyl (C=O) groups excluding carboxylic acids is 2. The van der Waals surface area contributed by atoms with E-state index in [0.717, 1.165) is 49.8 Å². The molecule has 0 aliphatic heterocycles. The maximum absolute atomic E-state index is 13.8. The number of nitrogens with two attached hydrogens (primary N) is 1. The van der Waals surface area contributed by atoms with Gasteiger partial charge in [-0.25, -0.2) is 4.79 Å². The van der Waals surface area contributed by atoms with Gasteiger partial charge >= 0.3 is 6.09 Å². The van der Waals surface area contributed by atoms with Crippen molar-refractivity contribution in [3.8, 4) is 16.9 Å². The fraction of sp³-hybridized carbons (Fsp3) is 0.189. The molecule has 0 spiro atoms. The fourth-order valence-corrected chi connectivity index (χ4v) is 5.90. The van der Waals surface area contributed by atoms with Crippen LogP contribution in [0.1, 0.15) is 45.6 Å². The second kappa shape index (κ2) is 13.6. The average molecular weight is 630 g/mol. The van der Waals surface area contributed by atoms with Gasteiger partial charge in [-0.05, 0) is 71.0 Å². The Labute approximate surface area is 271 Å². The van der Waals surface area contributed by atoms with Crippen LogP contribution in [-0.2, 0) is 28.8 Å². The number of nitrogens with zero attached hydrogens (tertiary/aromatic N) is 2. The molecule has 2 atom stereocenters. The van der Waals surface area contributed by atoms with Crippen molar-refractivity contribution in [2.45, 2.75) is 45.3 Å². The van der Waals surface area contributed by atoms with Gasteiger partial charge in [-0.1, -0.05) is 78.0 Å². The summed E-state index contributed by atoms with van der Waals surface area (Å²) >= 11 is 0. The summed E-state index contributed by atoms with van der Waals surface area (Å²) in [6, 6.07) is 28.6. The highest BCUT2D eigenvalue weighted by atomic mass is 16.6. The molecule has 2 amide bonds. The topological polar surface area (TPSA) is 156 Å². The minimum atomic E-state index is -1.24. The first-order valence-electron chi connectivity index (χ1n) is 15.3. The van der Waals surface area contributed by atoms with Gasteiger partial charge in [0, 0.05) is 36.4 Å². The zero-order valence-corrected chi connectivity index (χ0v) is 26.1. The highest BCUT2D eigenvalue weighted by Gasteiger charge is 2.30. The van der Waals surface area contributed by atoms with Gasteiger partial charge in [0.15, 0.2) is 11.9 Å². The van der Waals surface area contributed by atoms with Crippen LogP contribution in [0.25, 0.3) is 22.0 Å². The molecule has 10 heteroatoms. The van der Waals surface area contributed by atoms with Gasteiger partial charge in [0.25, 0.3) is 5.91 Å². The molecule has 5 N–H and O–H groups in total. The van der Waals surface area contributed by atoms with Crippen molar-refractivity contribution < 1.29 is 24.0 Å². The van der Waals surface area contributed by atoms with Crippen molar-refractivity contribution >= 4 is 22.9 Å². The lowest BCUT2D eigenvalue weighted by molar-refractivity contribution is -0.130. The van der Waals surface area contributed by atoms with Gasteiger partial charge in [0.2, 0.25) is 5.89 Å². The van der Waals surface area contributed by atoms with Crippen molar-refractivity contribution in [2.75, 3.05) is 0 Å². The van der Waals surface area contributed by atoms with Gasteiger partial charge in [0.05, 0.1) is 0 Å². The number of aryl methyl sites for hydroxylation is 2. The molecule has 6 rings (SSSR count). The van der Waals surface area contributed by atoms with Crippen LogP contribution >= 0.6 is 0 Å². The molecule has 0 unspecified atom stereocenters. The Kier molecular flexibility index (Phi) is 9.01. The van der Waals surface area contributed by atoms with E-state index in [1.807, 2.05) is 74.6 Å². The Morgan fingerprint density at radius 1 is 0.936 bits per heavy atom. The molecule has 0 saturated carbocycles. The van der Waals surface area contributed by atoms with E-state index < -0.39 is 24.1 Å². The molecule has 0 fully saturated rings. The van der Waals surface area contributed by atoms with Gasteiger partial charge in [-0.15, -0.1) is 0 Å². The van der Waals surface area contributed by atoms with Crippen molar-refractivity contribution in [3.05, 3.63) is 137 Å². The second-order valence-corrected chi connectivity index (χ2v) is 11.6. The van der Waals surface area contributed by atoms with E-state index in [1.165, 1.54) is 0 Å². The minimum Gasteiger partial charge on any atom is -0.508 e. The van der Waals surface area contributed by atoms with Crippen LogP contribution in [0, 0.1) is 13.8 Å². The van der Waals surface area contributed by atoms with E-state index in [0.29, 0.717) is 18.7 Å². The predicted molar refractivity (Wildman–Crippen MR) is 178 cm³/mol. The largest absolute Gasteiger partial charge is 0.508 e. The lowest BCUT2D eigenvalue weighted by Gasteiger charge is -2.22. The number of phenols is 1. The molecule has 0 aliphatic carbocycles. The molecule has 238 valence electrons. The summed E-state index contributed by atoms with van der Waals surface area (Å²) < 4.78 is 11.1. The number of amides is 2. The number of hydrogen-bond donors (Lipinski definition) is 4. The number of nitrogens with one attached hydrogen (secondary N) is 2. The predicted octanol–water partition coefficient (Wildman–Crippen LogP) is 6.24. The van der Waals surface area contributed by atoms with E-state index in [1.54, 1.807) is 12.1 Å². The van der Waals surface area contributed by atoms with Crippen LogP contribution in [0.15, 0.2) is 102 Å². The number of H-pyrrole nitrogens is 1. The third-order valence-corrected chi connectivity index (χ3v) is 8.24. The normalized spacial score (nSPS) is 12.5. The molecule has 2 heterocycles. The first-order valence-corrected chi connectivity index (χ1v) is 15.3. The van der Waals surface area contributed by atoms with E-state index >= 15 is 0 Å². The number of primary amides is 1. The molecule has 0 bridgehead atoms. The number of benzene rings is 4. The number of ether oxygens (including phenoxy) is 1. The first-order chi connectivity index (χ1) is 22.7. The van der Waals surface area contributed by atoms with Crippen molar-refractivity contribution in [1.29, 1.82) is 0 Å². The third-order valence-electron chi connectivity index (χ3n) is 8.24. The van der Waals surface area contributed by atoms with Gasteiger partial charge in [0.1, 0.15) is 11.8 Å². The Balaban J connectivity index is 1.26. The van der Waals surface area contributed by atoms with E-state index in [9.17, 15) is 14.7 Å². The highest BCUT2D eigenvalue weighted by molar-refractivity contribution is 5.85. The van der Waals surface area contributed by atoms with Crippen LogP contribution in [-0.4, -0.2) is 38.3 Å². The number of phenolic OH excluding ortho intramolecular Hbond substituents is 1. The molecule has 4 aromatic carbocycles. The molecular formula is C37H35N5O5. The first kappa shape index (κ1) is 31.1. The van der Waals surface area contributed by atoms with Crippen LogP contribution in [0.4, 0.5) is 4.79 Å². The lowest BCUT2D eigenvalue weighted by Crippen LogP contribution is -2.42. The number of hydrogen-bond acceptors (Lipinski definition) is 7. The molecule has 2 aromatic heterocycles. The van der Waals surface area contributed by atoms with Crippen LogP contribution in [0.5, 0.6) is 5.75 Å². The molecule has 10 nitrogen and oxygen atoms in total. The summed E-state index contributed by atoms with van der Waals surface area (Å²) in [4.78, 5) is 33.6. The Morgan fingerprint density at radius 2 is 1.62 bits per heavy atom. The molecule has 0 saturated heterocycles. The van der Waals surface area contributed by atoms with Crippen LogP contribution in [0.3, 0.4) is 0 Å². The molecule has 6 aromatic rings. The highest BCUT2D eigenvalue weighted by Crippen LogP contribution is 2.27. The van der Waals surface area contributed by atoms with E-state index in [2.05, 4.69) is 44.7 Å². The summed E-state index contributed by atoms with van der Waals surface area (Å²) in [7, 11) is 0. The van der Waals surface area contributed by atoms with Crippen LogP contribution in [0.2, 0.25) is 0 Å². The zero-order chi connectivity index (χ0) is 32.9. The van der Waals surface area contributed by atoms with Crippen molar-refractivity contribution in [1.82, 2.24) is 20.4 Å². The minimum absolute atomic E-state index is 0.0561. The Bertz CT molecular complexity index is 1990. The number of aromatic nitrogens is 3. The SMILES string of the molecule is Cc1cc(O)cc(C)c1C[C@H](OC(N)=O)C(=O)N[C@@H](Cc1c[nH]c2ccccc12)c1nc(Cc2ccc(-c3ccccc3)cc2)no1. The second-order valence-electron chi connectivity index (χ2n) is 11.6. The smallest absolute Gasteiger partial charge is 0.405 e. The summed E-state index contributed by atoms with van der Waals surface area (Å²) in [6.45, 7) is 3.63. The third kappa shape index (κ3) is 7.33. The summed E-state index contributed by atoms with van der Waals surface area (Å²) in [5.74, 6) is 0.218. The average Bonchev–Trinajstić information content (AvgIpc) is 3.69. The molecule has 0 aliphatic rings. The molecule has 47 heavy (non-hydrogen) atoms. The number of para-hydroxylation sites is 1. The zero-order valence-electron chi connectivity index (χ0n) is 26.1. The van der Waals surface area contributed by atoms with E-state index in [4.69, 9.17) is 15.0 Å². The summed E-state index contributed by atoms with van der Waals surface area (Å²) in [5.41, 5.74) is 12.8. The maximum atomic E-state index is 13.8. The number of rotatable bonds is 11. The lowest BCUT2D eigenvalue weighted by atomic mass is 9.96. The van der Waals surface area contributed by atoms with Gasteiger partial charge in [-0.3, -0.25) is 4.79 Å². The van der Waals surface area contributed by atoms with E-state index in [-0.39, 0.29) is 18.1 Å². The monoisotopic (exact) mass is 629 g/mol. The maximum Gasteiger partial charge on any atom is 0.405 e. The van der Waals surface area contributed by atoms with Crippen molar-refractivity contribution in [2.24, 2.45) is 5.73 Å². The summed E-state index contributed by atoms with van der Waals surface area (Å²) in [6.07, 6.45) is 0.371. The van der Waals surface area contributed by atoms with Gasteiger partial charge in [-0.2, -0.15) is 4.98 Å². The quantitative estimate of drug-likeness (QED) is 0.132. The molecule has 0 radical (unpaired) electrons. The number of carbonyl (C=O) groups is 2. The number of aromatic hydroxyl groups is 1. The Hall–Kier alpha value is -5.90. The Morgan fingerprint density at radius 3 is 2.34 bits per heavy atom. The van der Waals surface area contributed by atoms with Crippen LogP contribution < -0.4 is 11.1 Å². The standard InChI is InChI=1S/C37H35N5O5/c1-22-16-28(43)17-23(2)30(22)20-33(46-37(38)45)35(44)40-32(19-27-21-39-31-11-7-6-10-29(27)31)36-41-34(42-47-36)18-24-12-14-26(15-13-24)25-8-4-3-5-9-25/h3-17,21,32-33,39,43H,18-20H2,1-2H3,(H2,38,45)(H,40,44)/t32-,33-/m0/s1.